The number of hydrogen-bond acceptors (Lipinski definition) is 6. The van der Waals surface area contributed by atoms with Crippen LogP contribution < -0.4 is 10.6 Å². The Morgan fingerprint density at radius 1 is 1.26 bits per heavy atom. The highest BCUT2D eigenvalue weighted by Crippen LogP contribution is 2.12. The van der Waals surface area contributed by atoms with Crippen molar-refractivity contribution in [1.29, 1.82) is 0 Å². The second kappa shape index (κ2) is 7.45. The van der Waals surface area contributed by atoms with Crippen molar-refractivity contribution in [3.63, 3.8) is 0 Å². The molecule has 1 aliphatic heterocycles. The van der Waals surface area contributed by atoms with E-state index in [9.17, 15) is 18.0 Å². The van der Waals surface area contributed by atoms with E-state index in [1.165, 1.54) is 7.11 Å². The molecule has 0 aromatic heterocycles. The second-order valence-corrected chi connectivity index (χ2v) is 7.64. The Morgan fingerprint density at radius 3 is 2.52 bits per heavy atom. The standard InChI is InChI=1S/C15H20N2O5S/c1-22-15(19)11-2-4-12(5-3-11)16-8-6-14(18)17-13-7-9-23(20,21)10-13/h2-5,13,16H,6-10H2,1H3,(H,17,18). The molecule has 1 aliphatic rings. The molecular weight excluding hydrogens is 320 g/mol. The zero-order chi connectivity index (χ0) is 16.9. The third kappa shape index (κ3) is 5.24. The van der Waals surface area contributed by atoms with Crippen molar-refractivity contribution < 1.29 is 22.7 Å². The molecule has 7 nitrogen and oxygen atoms in total. The van der Waals surface area contributed by atoms with Gasteiger partial charge in [0.2, 0.25) is 5.91 Å². The summed E-state index contributed by atoms with van der Waals surface area (Å²) in [6.07, 6.45) is 0.728. The lowest BCUT2D eigenvalue weighted by Gasteiger charge is -2.11. The molecule has 0 spiro atoms. The molecule has 8 heteroatoms. The van der Waals surface area contributed by atoms with Gasteiger partial charge in [-0.3, -0.25) is 4.79 Å². The molecule has 1 aromatic carbocycles. The fraction of sp³-hybridized carbons (Fsp3) is 0.467. The molecule has 0 bridgehead atoms. The fourth-order valence-corrected chi connectivity index (χ4v) is 4.04. The highest BCUT2D eigenvalue weighted by molar-refractivity contribution is 7.91. The predicted molar refractivity (Wildman–Crippen MR) is 86.1 cm³/mol. The highest BCUT2D eigenvalue weighted by atomic mass is 32.2. The van der Waals surface area contributed by atoms with Gasteiger partial charge in [0.15, 0.2) is 9.84 Å². The van der Waals surface area contributed by atoms with Gasteiger partial charge in [-0.05, 0) is 30.7 Å². The normalized spacial score (nSPS) is 19.1. The first-order chi connectivity index (χ1) is 10.9. The van der Waals surface area contributed by atoms with Crippen molar-refractivity contribution in [1.82, 2.24) is 5.32 Å². The number of methoxy groups -OCH3 is 1. The van der Waals surface area contributed by atoms with Crippen molar-refractivity contribution in [2.45, 2.75) is 18.9 Å². The fourth-order valence-electron chi connectivity index (χ4n) is 2.37. The maximum Gasteiger partial charge on any atom is 0.337 e. The number of rotatable bonds is 6. The Labute approximate surface area is 135 Å². The van der Waals surface area contributed by atoms with Crippen LogP contribution in [0, 0.1) is 0 Å². The van der Waals surface area contributed by atoms with Crippen LogP contribution in [0.15, 0.2) is 24.3 Å². The molecule has 1 unspecified atom stereocenters. The van der Waals surface area contributed by atoms with Crippen LogP contribution in [0.1, 0.15) is 23.2 Å². The van der Waals surface area contributed by atoms with Crippen LogP contribution in [0.25, 0.3) is 0 Å². The minimum absolute atomic E-state index is 0.0289. The van der Waals surface area contributed by atoms with Crippen molar-refractivity contribution in [3.8, 4) is 0 Å². The summed E-state index contributed by atoms with van der Waals surface area (Å²) in [4.78, 5) is 23.1. The maximum atomic E-state index is 11.8. The first kappa shape index (κ1) is 17.3. The molecule has 2 rings (SSSR count). The van der Waals surface area contributed by atoms with Crippen LogP contribution >= 0.6 is 0 Å². The Balaban J connectivity index is 1.72. The van der Waals surface area contributed by atoms with Gasteiger partial charge in [-0.1, -0.05) is 0 Å². The van der Waals surface area contributed by atoms with E-state index in [0.717, 1.165) is 5.69 Å². The zero-order valence-electron chi connectivity index (χ0n) is 12.9. The number of ether oxygens (including phenoxy) is 1. The van der Waals surface area contributed by atoms with E-state index < -0.39 is 15.8 Å². The average molecular weight is 340 g/mol. The molecule has 1 aromatic rings. The van der Waals surface area contributed by atoms with E-state index in [-0.39, 0.29) is 29.9 Å². The maximum absolute atomic E-state index is 11.8. The van der Waals surface area contributed by atoms with Gasteiger partial charge < -0.3 is 15.4 Å². The molecule has 23 heavy (non-hydrogen) atoms. The van der Waals surface area contributed by atoms with Crippen LogP contribution in [-0.2, 0) is 19.4 Å². The highest BCUT2D eigenvalue weighted by Gasteiger charge is 2.28. The van der Waals surface area contributed by atoms with E-state index in [1.807, 2.05) is 0 Å². The van der Waals surface area contributed by atoms with Gasteiger partial charge in [-0.15, -0.1) is 0 Å². The summed E-state index contributed by atoms with van der Waals surface area (Å²) in [5, 5.41) is 5.80. The number of esters is 1. The number of hydrogen-bond donors (Lipinski definition) is 2. The van der Waals surface area contributed by atoms with Crippen LogP contribution in [0.2, 0.25) is 0 Å². The average Bonchev–Trinajstić information content (AvgIpc) is 2.86. The van der Waals surface area contributed by atoms with E-state index in [1.54, 1.807) is 24.3 Å². The van der Waals surface area contributed by atoms with Crippen molar-refractivity contribution in [2.24, 2.45) is 0 Å². The first-order valence-corrected chi connectivity index (χ1v) is 9.14. The van der Waals surface area contributed by atoms with Crippen molar-refractivity contribution in [3.05, 3.63) is 29.8 Å². The summed E-state index contributed by atoms with van der Waals surface area (Å²) in [7, 11) is -1.66. The van der Waals surface area contributed by atoms with Crippen molar-refractivity contribution in [2.75, 3.05) is 30.5 Å². The largest absolute Gasteiger partial charge is 0.465 e. The molecule has 1 heterocycles. The Hall–Kier alpha value is -2.09. The quantitative estimate of drug-likeness (QED) is 0.735. The molecule has 1 amide bonds. The monoisotopic (exact) mass is 340 g/mol. The molecule has 0 aliphatic carbocycles. The lowest BCUT2D eigenvalue weighted by molar-refractivity contribution is -0.121. The van der Waals surface area contributed by atoms with Crippen LogP contribution in [-0.4, -0.2) is 51.5 Å². The summed E-state index contributed by atoms with van der Waals surface area (Å²) >= 11 is 0. The number of nitrogens with one attached hydrogen (secondary N) is 2. The molecule has 0 radical (unpaired) electrons. The predicted octanol–water partition coefficient (Wildman–Crippen LogP) is 0.579. The molecule has 0 saturated carbocycles. The number of carbonyl (C=O) groups excluding carboxylic acids is 2. The van der Waals surface area contributed by atoms with Gasteiger partial charge in [0.25, 0.3) is 0 Å². The molecule has 1 saturated heterocycles. The third-order valence-corrected chi connectivity index (χ3v) is 5.35. The number of carbonyl (C=O) groups is 2. The zero-order valence-corrected chi connectivity index (χ0v) is 13.7. The molecule has 1 fully saturated rings. The molecular formula is C15H20N2O5S. The van der Waals surface area contributed by atoms with Gasteiger partial charge in [0.05, 0.1) is 24.2 Å². The topological polar surface area (TPSA) is 102 Å². The van der Waals surface area contributed by atoms with Gasteiger partial charge in [-0.25, -0.2) is 13.2 Å². The summed E-state index contributed by atoms with van der Waals surface area (Å²) in [6, 6.07) is 6.46. The van der Waals surface area contributed by atoms with Gasteiger partial charge in [0, 0.05) is 24.7 Å². The summed E-state index contributed by atoms with van der Waals surface area (Å²) in [5.74, 6) is -0.405. The second-order valence-electron chi connectivity index (χ2n) is 5.41. The third-order valence-electron chi connectivity index (χ3n) is 3.58. The Kier molecular flexibility index (Phi) is 5.59. The van der Waals surface area contributed by atoms with Crippen LogP contribution in [0.5, 0.6) is 0 Å². The number of benzene rings is 1. The van der Waals surface area contributed by atoms with Crippen molar-refractivity contribution >= 4 is 27.4 Å². The first-order valence-electron chi connectivity index (χ1n) is 7.31. The van der Waals surface area contributed by atoms with Gasteiger partial charge >= 0.3 is 5.97 Å². The molecule has 126 valence electrons. The molecule has 1 atom stereocenters. The lowest BCUT2D eigenvalue weighted by Crippen LogP contribution is -2.36. The number of sulfone groups is 1. The Morgan fingerprint density at radius 2 is 1.96 bits per heavy atom. The number of anilines is 1. The van der Waals surface area contributed by atoms with Crippen LogP contribution in [0.4, 0.5) is 5.69 Å². The minimum Gasteiger partial charge on any atom is -0.465 e. The molecule has 2 N–H and O–H groups in total. The lowest BCUT2D eigenvalue weighted by atomic mass is 10.2. The summed E-state index contributed by atoms with van der Waals surface area (Å²) < 4.78 is 27.3. The summed E-state index contributed by atoms with van der Waals surface area (Å²) in [5.41, 5.74) is 1.24. The van der Waals surface area contributed by atoms with E-state index in [0.29, 0.717) is 18.5 Å². The van der Waals surface area contributed by atoms with E-state index in [2.05, 4.69) is 15.4 Å². The minimum atomic E-state index is -2.99. The van der Waals surface area contributed by atoms with Gasteiger partial charge in [-0.2, -0.15) is 0 Å². The van der Waals surface area contributed by atoms with Crippen LogP contribution in [0.3, 0.4) is 0 Å². The smallest absolute Gasteiger partial charge is 0.337 e. The Bertz CT molecular complexity index is 670. The number of amides is 1. The SMILES string of the molecule is COC(=O)c1ccc(NCCC(=O)NC2CCS(=O)(=O)C2)cc1. The van der Waals surface area contributed by atoms with Gasteiger partial charge in [0.1, 0.15) is 0 Å². The summed E-state index contributed by atoms with van der Waals surface area (Å²) in [6.45, 7) is 0.420. The van der Waals surface area contributed by atoms with E-state index >= 15 is 0 Å². The van der Waals surface area contributed by atoms with E-state index in [4.69, 9.17) is 0 Å².